The molecule has 0 heterocycles. The van der Waals surface area contributed by atoms with E-state index >= 15 is 0 Å². The smallest absolute Gasteiger partial charge is 0.295 e. The van der Waals surface area contributed by atoms with Crippen LogP contribution in [0.5, 0.6) is 0 Å². The maximum Gasteiger partial charge on any atom is 0.295 e. The van der Waals surface area contributed by atoms with Gasteiger partial charge in [0.1, 0.15) is 23.5 Å². The standard InChI is InChI=1S/C15H5Cl4N5O3/c1-5-10(16)8(23-25)2-9(24(26)27)14(5)22-15-7(4-21)11(17)6(3-20)12(18)13(15)19/h2,22H,1H3. The number of nitriles is 2. The van der Waals surface area contributed by atoms with E-state index in [1.165, 1.54) is 6.92 Å². The number of rotatable bonds is 4. The number of hydrogen-bond acceptors (Lipinski definition) is 7. The van der Waals surface area contributed by atoms with E-state index in [2.05, 4.69) is 10.5 Å². The highest BCUT2D eigenvalue weighted by atomic mass is 35.5. The largest absolute Gasteiger partial charge is 0.347 e. The van der Waals surface area contributed by atoms with Crippen LogP contribution < -0.4 is 5.32 Å². The van der Waals surface area contributed by atoms with Gasteiger partial charge in [-0.25, -0.2) is 0 Å². The molecule has 0 aromatic heterocycles. The molecule has 136 valence electrons. The molecule has 0 spiro atoms. The fourth-order valence-electron chi connectivity index (χ4n) is 2.23. The molecule has 0 aliphatic heterocycles. The van der Waals surface area contributed by atoms with Crippen molar-refractivity contribution in [2.75, 3.05) is 5.32 Å². The van der Waals surface area contributed by atoms with Crippen molar-refractivity contribution in [1.82, 2.24) is 0 Å². The van der Waals surface area contributed by atoms with Crippen molar-refractivity contribution in [2.24, 2.45) is 5.18 Å². The minimum absolute atomic E-state index is 0.108. The van der Waals surface area contributed by atoms with Crippen molar-refractivity contribution < 1.29 is 4.92 Å². The summed E-state index contributed by atoms with van der Waals surface area (Å²) in [5.74, 6) is 0. The third kappa shape index (κ3) is 3.48. The molecule has 0 radical (unpaired) electrons. The average molecular weight is 445 g/mol. The van der Waals surface area contributed by atoms with Crippen LogP contribution in [0.2, 0.25) is 20.1 Å². The predicted molar refractivity (Wildman–Crippen MR) is 102 cm³/mol. The van der Waals surface area contributed by atoms with E-state index in [9.17, 15) is 20.3 Å². The van der Waals surface area contributed by atoms with Gasteiger partial charge in [0.15, 0.2) is 0 Å². The maximum atomic E-state index is 11.4. The van der Waals surface area contributed by atoms with Crippen LogP contribution in [0.1, 0.15) is 16.7 Å². The van der Waals surface area contributed by atoms with Gasteiger partial charge in [-0.3, -0.25) is 10.1 Å². The summed E-state index contributed by atoms with van der Waals surface area (Å²) >= 11 is 24.2. The number of nitroso groups, excluding NO2 is 1. The van der Waals surface area contributed by atoms with Gasteiger partial charge in [0.05, 0.1) is 41.8 Å². The van der Waals surface area contributed by atoms with E-state index in [0.717, 1.165) is 6.07 Å². The van der Waals surface area contributed by atoms with Crippen LogP contribution >= 0.6 is 46.4 Å². The van der Waals surface area contributed by atoms with Crippen molar-refractivity contribution in [1.29, 1.82) is 10.5 Å². The average Bonchev–Trinajstić information content (AvgIpc) is 2.63. The Morgan fingerprint density at radius 1 is 1.04 bits per heavy atom. The summed E-state index contributed by atoms with van der Waals surface area (Å²) in [6.07, 6.45) is 0. The molecule has 0 aliphatic carbocycles. The lowest BCUT2D eigenvalue weighted by Gasteiger charge is -2.16. The minimum atomic E-state index is -0.771. The number of benzene rings is 2. The molecule has 1 N–H and O–H groups in total. The van der Waals surface area contributed by atoms with Crippen LogP contribution in [0.4, 0.5) is 22.7 Å². The van der Waals surface area contributed by atoms with Gasteiger partial charge in [-0.05, 0) is 12.1 Å². The zero-order chi connectivity index (χ0) is 20.5. The third-order valence-corrected chi connectivity index (χ3v) is 5.26. The van der Waals surface area contributed by atoms with Gasteiger partial charge in [0, 0.05) is 11.6 Å². The summed E-state index contributed by atoms with van der Waals surface area (Å²) in [6, 6.07) is 4.38. The Morgan fingerprint density at radius 2 is 1.63 bits per heavy atom. The number of nitrogens with one attached hydrogen (secondary N) is 1. The fraction of sp³-hybridized carbons (Fsp3) is 0.0667. The summed E-state index contributed by atoms with van der Waals surface area (Å²) < 4.78 is 0. The van der Waals surface area contributed by atoms with Gasteiger partial charge in [-0.1, -0.05) is 46.4 Å². The number of hydrogen-bond donors (Lipinski definition) is 1. The highest BCUT2D eigenvalue weighted by Crippen LogP contribution is 2.46. The lowest BCUT2D eigenvalue weighted by Crippen LogP contribution is -2.04. The van der Waals surface area contributed by atoms with Gasteiger partial charge in [0.25, 0.3) is 5.69 Å². The molecule has 0 amide bonds. The number of anilines is 2. The monoisotopic (exact) mass is 443 g/mol. The minimum Gasteiger partial charge on any atom is -0.347 e. The SMILES string of the molecule is Cc1c(Cl)c(N=O)cc([N+](=O)[O-])c1Nc1c(Cl)c(Cl)c(C#N)c(Cl)c1C#N. The van der Waals surface area contributed by atoms with Crippen LogP contribution in [0, 0.1) is 44.6 Å². The van der Waals surface area contributed by atoms with Crippen LogP contribution in [0.3, 0.4) is 0 Å². The second-order valence-corrected chi connectivity index (χ2v) is 6.50. The molecule has 2 aromatic rings. The van der Waals surface area contributed by atoms with Gasteiger partial charge >= 0.3 is 0 Å². The molecule has 0 atom stereocenters. The first kappa shape index (κ1) is 20.7. The third-order valence-electron chi connectivity index (χ3n) is 3.55. The molecule has 12 heteroatoms. The maximum absolute atomic E-state index is 11.4. The summed E-state index contributed by atoms with van der Waals surface area (Å²) in [5.41, 5.74) is -1.51. The molecule has 0 bridgehead atoms. The Morgan fingerprint density at radius 3 is 2.11 bits per heavy atom. The Labute approximate surface area is 171 Å². The second-order valence-electron chi connectivity index (χ2n) is 4.99. The normalized spacial score (nSPS) is 10.0. The van der Waals surface area contributed by atoms with Gasteiger partial charge < -0.3 is 5.32 Å². The van der Waals surface area contributed by atoms with Crippen molar-refractivity contribution >= 4 is 69.2 Å². The molecule has 0 saturated heterocycles. The number of nitrogens with zero attached hydrogens (tertiary/aromatic N) is 4. The van der Waals surface area contributed by atoms with Gasteiger partial charge in [-0.15, -0.1) is 4.91 Å². The van der Waals surface area contributed by atoms with Crippen molar-refractivity contribution in [3.8, 4) is 12.1 Å². The lowest BCUT2D eigenvalue weighted by atomic mass is 10.1. The second kappa shape index (κ2) is 7.95. The first-order chi connectivity index (χ1) is 12.7. The summed E-state index contributed by atoms with van der Waals surface area (Å²) in [5, 5.41) is 34.3. The Hall–Kier alpha value is -2.62. The molecule has 27 heavy (non-hydrogen) atoms. The fourth-order valence-corrected chi connectivity index (χ4v) is 3.21. The molecular formula is C15H5Cl4N5O3. The first-order valence-corrected chi connectivity index (χ1v) is 8.29. The molecule has 0 aliphatic rings. The molecule has 0 fully saturated rings. The van der Waals surface area contributed by atoms with E-state index in [1.54, 1.807) is 12.1 Å². The van der Waals surface area contributed by atoms with E-state index in [1.807, 2.05) is 0 Å². The summed E-state index contributed by atoms with van der Waals surface area (Å²) in [6.45, 7) is 1.40. The molecule has 8 nitrogen and oxygen atoms in total. The summed E-state index contributed by atoms with van der Waals surface area (Å²) in [7, 11) is 0. The van der Waals surface area contributed by atoms with E-state index < -0.39 is 10.6 Å². The van der Waals surface area contributed by atoms with Crippen LogP contribution in [-0.4, -0.2) is 4.92 Å². The zero-order valence-corrected chi connectivity index (χ0v) is 16.1. The lowest BCUT2D eigenvalue weighted by molar-refractivity contribution is -0.383. The van der Waals surface area contributed by atoms with Crippen molar-refractivity contribution in [3.63, 3.8) is 0 Å². The Bertz CT molecular complexity index is 1090. The number of halogens is 4. The molecule has 0 unspecified atom stereocenters. The van der Waals surface area contributed by atoms with E-state index in [4.69, 9.17) is 51.7 Å². The predicted octanol–water partition coefficient (Wildman–Crippen LogP) is 6.40. The number of nitro benzene ring substituents is 1. The molecular weight excluding hydrogens is 440 g/mol. The topological polar surface area (TPSA) is 132 Å². The number of nitro groups is 1. The van der Waals surface area contributed by atoms with E-state index in [0.29, 0.717) is 0 Å². The molecule has 0 saturated carbocycles. The zero-order valence-electron chi connectivity index (χ0n) is 13.1. The van der Waals surface area contributed by atoms with Crippen LogP contribution in [0.15, 0.2) is 11.2 Å². The first-order valence-electron chi connectivity index (χ1n) is 6.78. The van der Waals surface area contributed by atoms with Crippen LogP contribution in [-0.2, 0) is 0 Å². The van der Waals surface area contributed by atoms with Crippen LogP contribution in [0.25, 0.3) is 0 Å². The van der Waals surface area contributed by atoms with Crippen molar-refractivity contribution in [3.05, 3.63) is 57.9 Å². The van der Waals surface area contributed by atoms with Gasteiger partial charge in [-0.2, -0.15) is 10.5 Å². The quantitative estimate of drug-likeness (QED) is 0.251. The highest BCUT2D eigenvalue weighted by Gasteiger charge is 2.27. The Balaban J connectivity index is 2.85. The Kier molecular flexibility index (Phi) is 6.09. The van der Waals surface area contributed by atoms with Crippen molar-refractivity contribution in [2.45, 2.75) is 6.92 Å². The molecule has 2 rings (SSSR count). The summed E-state index contributed by atoms with van der Waals surface area (Å²) in [4.78, 5) is 21.5. The highest BCUT2D eigenvalue weighted by molar-refractivity contribution is 6.47. The van der Waals surface area contributed by atoms with E-state index in [-0.39, 0.29) is 53.8 Å². The molecule has 2 aromatic carbocycles. The van der Waals surface area contributed by atoms with Gasteiger partial charge in [0.2, 0.25) is 0 Å².